The number of nitrogens with zero attached hydrogens (tertiary/aromatic N) is 2. The van der Waals surface area contributed by atoms with E-state index in [1.54, 1.807) is 6.92 Å². The molecule has 5 nitrogen and oxygen atoms in total. The number of carbonyl (C=O) groups is 1. The Morgan fingerprint density at radius 1 is 1.35 bits per heavy atom. The van der Waals surface area contributed by atoms with E-state index in [1.807, 2.05) is 0 Å². The van der Waals surface area contributed by atoms with Crippen molar-refractivity contribution in [2.45, 2.75) is 37.8 Å². The maximum Gasteiger partial charge on any atom is 0.238 e. The summed E-state index contributed by atoms with van der Waals surface area (Å²) in [5.74, 6) is -0.413. The fourth-order valence-electron chi connectivity index (χ4n) is 2.91. The van der Waals surface area contributed by atoms with Crippen LogP contribution in [0.15, 0.2) is 0 Å². The highest BCUT2D eigenvalue weighted by Crippen LogP contribution is 2.21. The third kappa shape index (κ3) is 2.97. The van der Waals surface area contributed by atoms with Crippen LogP contribution in [0.1, 0.15) is 26.2 Å². The zero-order valence-electron chi connectivity index (χ0n) is 10.7. The quantitative estimate of drug-likeness (QED) is 0.688. The maximum atomic E-state index is 11.2. The van der Waals surface area contributed by atoms with Crippen LogP contribution in [0.4, 0.5) is 0 Å². The molecule has 0 aromatic rings. The summed E-state index contributed by atoms with van der Waals surface area (Å²) in [4.78, 5) is 16.1. The van der Waals surface area contributed by atoms with Gasteiger partial charge in [0.25, 0.3) is 0 Å². The first-order valence-corrected chi connectivity index (χ1v) is 6.54. The molecule has 2 unspecified atom stereocenters. The van der Waals surface area contributed by atoms with Crippen LogP contribution in [0.5, 0.6) is 0 Å². The minimum Gasteiger partial charge on any atom is -0.368 e. The van der Waals surface area contributed by atoms with Crippen LogP contribution in [-0.2, 0) is 4.79 Å². The van der Waals surface area contributed by atoms with Gasteiger partial charge in [-0.15, -0.1) is 0 Å². The second-order valence-electron chi connectivity index (χ2n) is 5.70. The second kappa shape index (κ2) is 4.92. The Labute approximate surface area is 103 Å². The molecule has 2 fully saturated rings. The molecule has 1 amide bonds. The van der Waals surface area contributed by atoms with Crippen LogP contribution in [0.3, 0.4) is 0 Å². The normalized spacial score (nSPS) is 30.6. The van der Waals surface area contributed by atoms with E-state index in [1.165, 1.54) is 25.8 Å². The molecule has 2 atom stereocenters. The SMILES string of the molecule is CC(N)(CN1CCN2CCCCC2C1)C(N)=O. The van der Waals surface area contributed by atoms with Crippen molar-refractivity contribution in [3.05, 3.63) is 0 Å². The Bertz CT molecular complexity index is 292. The molecule has 2 rings (SSSR count). The molecule has 0 aromatic heterocycles. The van der Waals surface area contributed by atoms with Crippen LogP contribution in [-0.4, -0.2) is 60.0 Å². The summed E-state index contributed by atoms with van der Waals surface area (Å²) in [7, 11) is 0. The van der Waals surface area contributed by atoms with E-state index in [0.717, 1.165) is 19.6 Å². The molecule has 2 aliphatic rings. The summed E-state index contributed by atoms with van der Waals surface area (Å²) in [6.07, 6.45) is 3.92. The van der Waals surface area contributed by atoms with Gasteiger partial charge in [-0.25, -0.2) is 0 Å². The van der Waals surface area contributed by atoms with Crippen molar-refractivity contribution in [3.63, 3.8) is 0 Å². The summed E-state index contributed by atoms with van der Waals surface area (Å²) in [6.45, 7) is 6.65. The standard InChI is InChI=1S/C12H24N4O/c1-12(14,11(13)17)9-15-6-7-16-5-3-2-4-10(16)8-15/h10H,2-9,14H2,1H3,(H2,13,17). The van der Waals surface area contributed by atoms with Gasteiger partial charge in [0, 0.05) is 32.2 Å². The highest BCUT2D eigenvalue weighted by Gasteiger charge is 2.34. The van der Waals surface area contributed by atoms with E-state index < -0.39 is 11.4 Å². The molecule has 5 heteroatoms. The maximum absolute atomic E-state index is 11.2. The molecule has 17 heavy (non-hydrogen) atoms. The van der Waals surface area contributed by atoms with Crippen molar-refractivity contribution < 1.29 is 4.79 Å². The van der Waals surface area contributed by atoms with Crippen molar-refractivity contribution in [3.8, 4) is 0 Å². The minimum atomic E-state index is -0.906. The molecule has 0 aromatic carbocycles. The van der Waals surface area contributed by atoms with Crippen molar-refractivity contribution in [1.82, 2.24) is 9.80 Å². The van der Waals surface area contributed by atoms with E-state index in [2.05, 4.69) is 9.80 Å². The molecular formula is C12H24N4O. The van der Waals surface area contributed by atoms with E-state index in [0.29, 0.717) is 12.6 Å². The fourth-order valence-corrected chi connectivity index (χ4v) is 2.91. The zero-order valence-corrected chi connectivity index (χ0v) is 10.7. The lowest BCUT2D eigenvalue weighted by Crippen LogP contribution is -2.62. The van der Waals surface area contributed by atoms with Crippen molar-refractivity contribution >= 4 is 5.91 Å². The van der Waals surface area contributed by atoms with Gasteiger partial charge in [-0.2, -0.15) is 0 Å². The van der Waals surface area contributed by atoms with Gasteiger partial charge in [-0.05, 0) is 26.3 Å². The van der Waals surface area contributed by atoms with E-state index in [9.17, 15) is 4.79 Å². The van der Waals surface area contributed by atoms with Crippen molar-refractivity contribution in [2.75, 3.05) is 32.7 Å². The van der Waals surface area contributed by atoms with Crippen LogP contribution in [0, 0.1) is 0 Å². The second-order valence-corrected chi connectivity index (χ2v) is 5.70. The monoisotopic (exact) mass is 240 g/mol. The van der Waals surface area contributed by atoms with Crippen LogP contribution in [0.2, 0.25) is 0 Å². The molecule has 4 N–H and O–H groups in total. The van der Waals surface area contributed by atoms with Gasteiger partial charge < -0.3 is 11.5 Å². The number of fused-ring (bicyclic) bond motifs is 1. The molecular weight excluding hydrogens is 216 g/mol. The molecule has 0 aliphatic carbocycles. The molecule has 2 heterocycles. The number of piperidine rings is 1. The first-order valence-electron chi connectivity index (χ1n) is 6.54. The van der Waals surface area contributed by atoms with Crippen molar-refractivity contribution in [1.29, 1.82) is 0 Å². The Morgan fingerprint density at radius 2 is 2.12 bits per heavy atom. The predicted molar refractivity (Wildman–Crippen MR) is 67.4 cm³/mol. The summed E-state index contributed by atoms with van der Waals surface area (Å²) in [5, 5.41) is 0. The third-order valence-electron chi connectivity index (χ3n) is 4.04. The summed E-state index contributed by atoms with van der Waals surface area (Å²) in [5.41, 5.74) is 10.3. The summed E-state index contributed by atoms with van der Waals surface area (Å²) >= 11 is 0. The Morgan fingerprint density at radius 3 is 2.82 bits per heavy atom. The number of primary amides is 1. The van der Waals surface area contributed by atoms with Gasteiger partial charge in [-0.3, -0.25) is 14.6 Å². The molecule has 0 spiro atoms. The van der Waals surface area contributed by atoms with E-state index in [-0.39, 0.29) is 0 Å². The number of hydrogen-bond acceptors (Lipinski definition) is 4. The number of rotatable bonds is 3. The highest BCUT2D eigenvalue weighted by molar-refractivity contribution is 5.84. The van der Waals surface area contributed by atoms with Gasteiger partial charge in [0.05, 0.1) is 0 Å². The van der Waals surface area contributed by atoms with Gasteiger partial charge in [0.2, 0.25) is 5.91 Å². The van der Waals surface area contributed by atoms with Crippen molar-refractivity contribution in [2.24, 2.45) is 11.5 Å². The number of carbonyl (C=O) groups excluding carboxylic acids is 1. The number of hydrogen-bond donors (Lipinski definition) is 2. The molecule has 0 bridgehead atoms. The molecule has 2 aliphatic heterocycles. The number of piperazine rings is 1. The first kappa shape index (κ1) is 12.8. The van der Waals surface area contributed by atoms with E-state index in [4.69, 9.17) is 11.5 Å². The van der Waals surface area contributed by atoms with Gasteiger partial charge in [-0.1, -0.05) is 6.42 Å². The fraction of sp³-hybridized carbons (Fsp3) is 0.917. The number of nitrogens with two attached hydrogens (primary N) is 2. The molecule has 0 saturated carbocycles. The highest BCUT2D eigenvalue weighted by atomic mass is 16.1. The lowest BCUT2D eigenvalue weighted by Gasteiger charge is -2.45. The summed E-state index contributed by atoms with van der Waals surface area (Å²) < 4.78 is 0. The predicted octanol–water partition coefficient (Wildman–Crippen LogP) is -0.641. The molecule has 2 saturated heterocycles. The number of amides is 1. The average molecular weight is 240 g/mol. The van der Waals surface area contributed by atoms with E-state index >= 15 is 0 Å². The van der Waals surface area contributed by atoms with Gasteiger partial charge in [0.15, 0.2) is 0 Å². The minimum absolute atomic E-state index is 0.413. The van der Waals surface area contributed by atoms with Crippen LogP contribution < -0.4 is 11.5 Å². The van der Waals surface area contributed by atoms with Crippen LogP contribution in [0.25, 0.3) is 0 Å². The first-order chi connectivity index (χ1) is 7.99. The lowest BCUT2D eigenvalue weighted by atomic mass is 9.97. The third-order valence-corrected chi connectivity index (χ3v) is 4.04. The lowest BCUT2D eigenvalue weighted by molar-refractivity contribution is -0.123. The summed E-state index contributed by atoms with van der Waals surface area (Å²) in [6, 6.07) is 0.654. The zero-order chi connectivity index (χ0) is 12.5. The average Bonchev–Trinajstić information content (AvgIpc) is 2.28. The topological polar surface area (TPSA) is 75.6 Å². The smallest absolute Gasteiger partial charge is 0.238 e. The molecule has 0 radical (unpaired) electrons. The van der Waals surface area contributed by atoms with Crippen LogP contribution >= 0.6 is 0 Å². The van der Waals surface area contributed by atoms with Gasteiger partial charge >= 0.3 is 0 Å². The Kier molecular flexibility index (Phi) is 3.70. The molecule has 98 valence electrons. The Balaban J connectivity index is 1.89. The largest absolute Gasteiger partial charge is 0.368 e. The van der Waals surface area contributed by atoms with Gasteiger partial charge in [0.1, 0.15) is 5.54 Å². The Hall–Kier alpha value is -0.650.